The summed E-state index contributed by atoms with van der Waals surface area (Å²) in [6.45, 7) is 7.68. The van der Waals surface area contributed by atoms with Gasteiger partial charge in [-0.1, -0.05) is 12.8 Å². The van der Waals surface area contributed by atoms with Gasteiger partial charge in [-0.2, -0.15) is 0 Å². The van der Waals surface area contributed by atoms with E-state index in [-0.39, 0.29) is 11.4 Å². The number of rotatable bonds is 3. The molecule has 2 fully saturated rings. The molecule has 0 aromatic rings. The van der Waals surface area contributed by atoms with E-state index in [1.807, 2.05) is 18.7 Å². The van der Waals surface area contributed by atoms with Gasteiger partial charge in [0.05, 0.1) is 0 Å². The maximum atomic E-state index is 12.1. The van der Waals surface area contributed by atoms with Crippen LogP contribution in [-0.2, 0) is 4.79 Å². The molecule has 2 N–H and O–H groups in total. The number of piperazine rings is 1. The summed E-state index contributed by atoms with van der Waals surface area (Å²) in [7, 11) is 0. The molecule has 1 saturated heterocycles. The van der Waals surface area contributed by atoms with Crippen molar-refractivity contribution < 1.29 is 4.79 Å². The number of amides is 1. The Morgan fingerprint density at radius 3 is 2.22 bits per heavy atom. The van der Waals surface area contributed by atoms with Crippen LogP contribution in [0.2, 0.25) is 0 Å². The quantitative estimate of drug-likeness (QED) is 0.822. The molecule has 1 aliphatic carbocycles. The van der Waals surface area contributed by atoms with Crippen molar-refractivity contribution >= 4 is 5.91 Å². The van der Waals surface area contributed by atoms with Gasteiger partial charge in [-0.05, 0) is 26.7 Å². The summed E-state index contributed by atoms with van der Waals surface area (Å²) >= 11 is 0. The molecule has 0 spiro atoms. The van der Waals surface area contributed by atoms with Crippen molar-refractivity contribution in [3.63, 3.8) is 0 Å². The van der Waals surface area contributed by atoms with Gasteiger partial charge in [0.2, 0.25) is 5.91 Å². The highest BCUT2D eigenvalue weighted by Crippen LogP contribution is 2.24. The summed E-state index contributed by atoms with van der Waals surface area (Å²) in [4.78, 5) is 16.6. The van der Waals surface area contributed by atoms with Crippen LogP contribution in [-0.4, -0.2) is 53.5 Å². The van der Waals surface area contributed by atoms with E-state index in [0.717, 1.165) is 32.2 Å². The molecule has 4 heteroatoms. The van der Waals surface area contributed by atoms with E-state index in [1.165, 1.54) is 25.7 Å². The van der Waals surface area contributed by atoms with Crippen molar-refractivity contribution in [3.8, 4) is 0 Å². The van der Waals surface area contributed by atoms with Crippen LogP contribution in [0, 0.1) is 0 Å². The largest absolute Gasteiger partial charge is 0.340 e. The Bertz CT molecular complexity index is 284. The van der Waals surface area contributed by atoms with Crippen LogP contribution >= 0.6 is 0 Å². The summed E-state index contributed by atoms with van der Waals surface area (Å²) in [5, 5.41) is 0. The van der Waals surface area contributed by atoms with Gasteiger partial charge in [0, 0.05) is 44.2 Å². The molecule has 0 bridgehead atoms. The number of nitrogens with two attached hydrogens (primary N) is 1. The van der Waals surface area contributed by atoms with Crippen LogP contribution in [0.4, 0.5) is 0 Å². The normalized spacial score (nSPS) is 23.6. The van der Waals surface area contributed by atoms with Crippen LogP contribution in [0.15, 0.2) is 0 Å². The molecule has 1 aliphatic heterocycles. The molecule has 0 atom stereocenters. The molecule has 0 unspecified atom stereocenters. The Balaban J connectivity index is 1.77. The average Bonchev–Trinajstić information content (AvgIpc) is 2.80. The predicted octanol–water partition coefficient (Wildman–Crippen LogP) is 1.20. The zero-order valence-electron chi connectivity index (χ0n) is 11.8. The summed E-state index contributed by atoms with van der Waals surface area (Å²) < 4.78 is 0. The van der Waals surface area contributed by atoms with Gasteiger partial charge in [0.1, 0.15) is 0 Å². The Morgan fingerprint density at radius 2 is 1.72 bits per heavy atom. The van der Waals surface area contributed by atoms with Gasteiger partial charge < -0.3 is 10.6 Å². The molecule has 1 amide bonds. The van der Waals surface area contributed by atoms with E-state index in [4.69, 9.17) is 5.73 Å². The maximum Gasteiger partial charge on any atom is 0.224 e. The first-order valence-electron chi connectivity index (χ1n) is 7.26. The maximum absolute atomic E-state index is 12.1. The number of hydrogen-bond donors (Lipinski definition) is 1. The molecule has 2 rings (SSSR count). The summed E-state index contributed by atoms with van der Waals surface area (Å²) in [5.74, 6) is 0.216. The van der Waals surface area contributed by atoms with E-state index < -0.39 is 0 Å². The van der Waals surface area contributed by atoms with Gasteiger partial charge in [-0.3, -0.25) is 9.69 Å². The minimum absolute atomic E-state index is 0.216. The molecule has 4 nitrogen and oxygen atoms in total. The third-order valence-electron chi connectivity index (χ3n) is 4.11. The monoisotopic (exact) mass is 253 g/mol. The summed E-state index contributed by atoms with van der Waals surface area (Å²) in [6, 6.07) is 0.785. The summed E-state index contributed by atoms with van der Waals surface area (Å²) in [5.41, 5.74) is 5.52. The molecular formula is C14H27N3O. The Morgan fingerprint density at radius 1 is 1.17 bits per heavy atom. The third kappa shape index (κ3) is 3.69. The van der Waals surface area contributed by atoms with Crippen LogP contribution < -0.4 is 5.73 Å². The van der Waals surface area contributed by atoms with Crippen molar-refractivity contribution in [2.24, 2.45) is 5.73 Å². The molecule has 1 heterocycles. The highest BCUT2D eigenvalue weighted by molar-refractivity contribution is 5.77. The third-order valence-corrected chi connectivity index (χ3v) is 4.11. The fourth-order valence-electron chi connectivity index (χ4n) is 3.11. The lowest BCUT2D eigenvalue weighted by Crippen LogP contribution is -2.52. The SMILES string of the molecule is CC(C)(N)CC(=O)N1CCN(C2CCCC2)CC1. The lowest BCUT2D eigenvalue weighted by molar-refractivity contribution is -0.134. The molecule has 0 aromatic carbocycles. The smallest absolute Gasteiger partial charge is 0.224 e. The number of carbonyl (C=O) groups excluding carboxylic acids is 1. The van der Waals surface area contributed by atoms with E-state index in [2.05, 4.69) is 4.90 Å². The first-order valence-corrected chi connectivity index (χ1v) is 7.26. The minimum atomic E-state index is -0.389. The highest BCUT2D eigenvalue weighted by Gasteiger charge is 2.29. The van der Waals surface area contributed by atoms with Crippen molar-refractivity contribution in [2.75, 3.05) is 26.2 Å². The second kappa shape index (κ2) is 5.57. The van der Waals surface area contributed by atoms with Crippen LogP contribution in [0.25, 0.3) is 0 Å². The fraction of sp³-hybridized carbons (Fsp3) is 0.929. The van der Waals surface area contributed by atoms with Gasteiger partial charge >= 0.3 is 0 Å². The topological polar surface area (TPSA) is 49.6 Å². The fourth-order valence-corrected chi connectivity index (χ4v) is 3.11. The zero-order valence-corrected chi connectivity index (χ0v) is 11.8. The summed E-state index contributed by atoms with van der Waals surface area (Å²) in [6.07, 6.45) is 5.92. The Labute approximate surface area is 110 Å². The van der Waals surface area contributed by atoms with Crippen LogP contribution in [0.3, 0.4) is 0 Å². The van der Waals surface area contributed by atoms with E-state index in [9.17, 15) is 4.79 Å². The molecular weight excluding hydrogens is 226 g/mol. The molecule has 0 aromatic heterocycles. The number of hydrogen-bond acceptors (Lipinski definition) is 3. The molecule has 0 radical (unpaired) electrons. The van der Waals surface area contributed by atoms with E-state index in [0.29, 0.717) is 6.42 Å². The Hall–Kier alpha value is -0.610. The zero-order chi connectivity index (χ0) is 13.2. The Kier molecular flexibility index (Phi) is 4.28. The lowest BCUT2D eigenvalue weighted by Gasteiger charge is -2.38. The second-order valence-electron chi connectivity index (χ2n) is 6.52. The van der Waals surface area contributed by atoms with Gasteiger partial charge in [0.25, 0.3) is 0 Å². The molecule has 18 heavy (non-hydrogen) atoms. The molecule has 1 saturated carbocycles. The van der Waals surface area contributed by atoms with E-state index >= 15 is 0 Å². The standard InChI is InChI=1S/C14H27N3O/c1-14(2,15)11-13(18)17-9-7-16(8-10-17)12-5-3-4-6-12/h12H,3-11,15H2,1-2H3. The van der Waals surface area contributed by atoms with Crippen LogP contribution in [0.5, 0.6) is 0 Å². The van der Waals surface area contributed by atoms with Crippen molar-refractivity contribution in [3.05, 3.63) is 0 Å². The van der Waals surface area contributed by atoms with E-state index in [1.54, 1.807) is 0 Å². The van der Waals surface area contributed by atoms with Crippen molar-refractivity contribution in [2.45, 2.75) is 57.5 Å². The van der Waals surface area contributed by atoms with Gasteiger partial charge in [-0.15, -0.1) is 0 Å². The molecule has 104 valence electrons. The highest BCUT2D eigenvalue weighted by atomic mass is 16.2. The van der Waals surface area contributed by atoms with Gasteiger partial charge in [-0.25, -0.2) is 0 Å². The average molecular weight is 253 g/mol. The second-order valence-corrected chi connectivity index (χ2v) is 6.52. The predicted molar refractivity (Wildman–Crippen MR) is 73.3 cm³/mol. The van der Waals surface area contributed by atoms with Crippen LogP contribution in [0.1, 0.15) is 46.0 Å². The van der Waals surface area contributed by atoms with Crippen molar-refractivity contribution in [1.29, 1.82) is 0 Å². The van der Waals surface area contributed by atoms with Crippen molar-refractivity contribution in [1.82, 2.24) is 9.80 Å². The molecule has 2 aliphatic rings. The minimum Gasteiger partial charge on any atom is -0.340 e. The first-order chi connectivity index (χ1) is 8.46. The number of carbonyl (C=O) groups is 1. The first kappa shape index (κ1) is 13.8. The number of nitrogens with zero attached hydrogens (tertiary/aromatic N) is 2. The lowest BCUT2D eigenvalue weighted by atomic mass is 10.0. The van der Waals surface area contributed by atoms with Gasteiger partial charge in [0.15, 0.2) is 0 Å².